The average molecular weight is 453 g/mol. The number of hydrogen-bond donors (Lipinski definition) is 1. The highest BCUT2D eigenvalue weighted by Crippen LogP contribution is 2.42. The fourth-order valence-electron chi connectivity index (χ4n) is 3.76. The van der Waals surface area contributed by atoms with Gasteiger partial charge in [0.25, 0.3) is 11.7 Å². The Morgan fingerprint density at radius 3 is 2.56 bits per heavy atom. The number of pyridine rings is 1. The van der Waals surface area contributed by atoms with Crippen LogP contribution in [-0.2, 0) is 16.1 Å². The number of nitrogens with zero attached hydrogens (tertiary/aromatic N) is 2. The molecule has 1 N–H and O–H groups in total. The van der Waals surface area contributed by atoms with Crippen molar-refractivity contribution in [1.82, 2.24) is 9.88 Å². The van der Waals surface area contributed by atoms with E-state index in [0.29, 0.717) is 10.6 Å². The van der Waals surface area contributed by atoms with E-state index in [9.17, 15) is 19.1 Å². The SMILES string of the molecule is COc1ccc(Cl)cc1/C(O)=C1\C(=O)C(=O)N(Cc2ccncc2)C1c1ccccc1F. The molecule has 32 heavy (non-hydrogen) atoms. The summed E-state index contributed by atoms with van der Waals surface area (Å²) in [5.74, 6) is -2.62. The van der Waals surface area contributed by atoms with Crippen molar-refractivity contribution in [1.29, 1.82) is 0 Å². The second-order valence-electron chi connectivity index (χ2n) is 7.15. The zero-order chi connectivity index (χ0) is 22.8. The molecule has 2 heterocycles. The van der Waals surface area contributed by atoms with Crippen molar-refractivity contribution in [2.75, 3.05) is 7.11 Å². The summed E-state index contributed by atoms with van der Waals surface area (Å²) >= 11 is 6.09. The lowest BCUT2D eigenvalue weighted by Gasteiger charge is -2.25. The lowest BCUT2D eigenvalue weighted by atomic mass is 9.94. The number of carbonyl (C=O) groups is 2. The van der Waals surface area contributed by atoms with Gasteiger partial charge in [0.2, 0.25) is 0 Å². The Kier molecular flexibility index (Phi) is 5.92. The average Bonchev–Trinajstić information content (AvgIpc) is 3.04. The smallest absolute Gasteiger partial charge is 0.295 e. The molecule has 3 aromatic rings. The number of halogens is 2. The number of benzene rings is 2. The minimum Gasteiger partial charge on any atom is -0.507 e. The lowest BCUT2D eigenvalue weighted by Crippen LogP contribution is -2.29. The normalized spacial score (nSPS) is 17.6. The van der Waals surface area contributed by atoms with E-state index in [1.54, 1.807) is 36.7 Å². The van der Waals surface area contributed by atoms with Crippen molar-refractivity contribution in [3.8, 4) is 5.75 Å². The molecule has 6 nitrogen and oxygen atoms in total. The van der Waals surface area contributed by atoms with E-state index in [2.05, 4.69) is 4.98 Å². The van der Waals surface area contributed by atoms with E-state index < -0.39 is 29.3 Å². The highest BCUT2D eigenvalue weighted by atomic mass is 35.5. The molecule has 8 heteroatoms. The molecule has 0 radical (unpaired) electrons. The van der Waals surface area contributed by atoms with Gasteiger partial charge in [0, 0.05) is 29.5 Å². The summed E-state index contributed by atoms with van der Waals surface area (Å²) in [6.45, 7) is 0.0234. The van der Waals surface area contributed by atoms with Crippen LogP contribution < -0.4 is 4.74 Å². The van der Waals surface area contributed by atoms with Crippen molar-refractivity contribution >= 4 is 29.1 Å². The summed E-state index contributed by atoms with van der Waals surface area (Å²) in [5.41, 5.74) is 0.671. The Hall–Kier alpha value is -3.71. The number of ketones is 1. The van der Waals surface area contributed by atoms with Crippen molar-refractivity contribution < 1.29 is 23.8 Å². The van der Waals surface area contributed by atoms with Gasteiger partial charge in [-0.25, -0.2) is 4.39 Å². The van der Waals surface area contributed by atoms with Crippen LogP contribution in [0.25, 0.3) is 5.76 Å². The lowest BCUT2D eigenvalue weighted by molar-refractivity contribution is -0.140. The van der Waals surface area contributed by atoms with Crippen LogP contribution in [0, 0.1) is 5.82 Å². The molecule has 4 rings (SSSR count). The molecule has 0 bridgehead atoms. The third kappa shape index (κ3) is 3.83. The summed E-state index contributed by atoms with van der Waals surface area (Å²) in [5, 5.41) is 11.5. The Bertz CT molecular complexity index is 1230. The number of aliphatic hydroxyl groups is 1. The molecule has 0 saturated carbocycles. The van der Waals surface area contributed by atoms with E-state index in [0.717, 1.165) is 0 Å². The van der Waals surface area contributed by atoms with Gasteiger partial charge >= 0.3 is 0 Å². The molecule has 2 aromatic carbocycles. The first kappa shape index (κ1) is 21.5. The van der Waals surface area contributed by atoms with Crippen LogP contribution >= 0.6 is 11.6 Å². The minimum absolute atomic E-state index is 0.0234. The number of rotatable bonds is 5. The largest absolute Gasteiger partial charge is 0.507 e. The molecule has 1 aliphatic rings. The Morgan fingerprint density at radius 1 is 1.16 bits per heavy atom. The van der Waals surface area contributed by atoms with Gasteiger partial charge in [-0.05, 0) is 42.0 Å². The fourth-order valence-corrected chi connectivity index (χ4v) is 3.93. The molecule has 1 unspecified atom stereocenters. The van der Waals surface area contributed by atoms with E-state index in [4.69, 9.17) is 16.3 Å². The highest BCUT2D eigenvalue weighted by Gasteiger charge is 2.47. The number of aromatic nitrogens is 1. The first-order valence-electron chi connectivity index (χ1n) is 9.68. The maximum atomic E-state index is 14.8. The maximum Gasteiger partial charge on any atom is 0.295 e. The number of Topliss-reactive ketones (excluding diaryl/α,β-unsaturated/α-hetero) is 1. The zero-order valence-electron chi connectivity index (χ0n) is 17.0. The van der Waals surface area contributed by atoms with Crippen LogP contribution in [0.2, 0.25) is 5.02 Å². The molecular formula is C24H18ClFN2O4. The molecule has 0 aliphatic carbocycles. The number of likely N-dealkylation sites (tertiary alicyclic amines) is 1. The highest BCUT2D eigenvalue weighted by molar-refractivity contribution is 6.46. The van der Waals surface area contributed by atoms with Crippen molar-refractivity contribution in [2.24, 2.45) is 0 Å². The van der Waals surface area contributed by atoms with Crippen LogP contribution in [0.5, 0.6) is 5.75 Å². The molecule has 1 amide bonds. The van der Waals surface area contributed by atoms with E-state index in [1.807, 2.05) is 0 Å². The molecular weight excluding hydrogens is 435 g/mol. The molecule has 1 saturated heterocycles. The van der Waals surface area contributed by atoms with E-state index in [-0.39, 0.29) is 29.0 Å². The summed E-state index contributed by atoms with van der Waals surface area (Å²) in [6.07, 6.45) is 3.11. The number of amides is 1. The van der Waals surface area contributed by atoms with Gasteiger partial charge in [0.1, 0.15) is 17.3 Å². The number of hydrogen-bond acceptors (Lipinski definition) is 5. The van der Waals surface area contributed by atoms with Gasteiger partial charge < -0.3 is 14.7 Å². The van der Waals surface area contributed by atoms with Crippen molar-refractivity contribution in [2.45, 2.75) is 12.6 Å². The molecule has 1 aromatic heterocycles. The van der Waals surface area contributed by atoms with Gasteiger partial charge in [-0.1, -0.05) is 29.8 Å². The third-order valence-corrected chi connectivity index (χ3v) is 5.49. The van der Waals surface area contributed by atoms with Gasteiger partial charge in [-0.2, -0.15) is 0 Å². The Morgan fingerprint density at radius 2 is 1.88 bits per heavy atom. The van der Waals surface area contributed by atoms with Gasteiger partial charge in [0.05, 0.1) is 24.3 Å². The summed E-state index contributed by atoms with van der Waals surface area (Å²) in [6, 6.07) is 12.6. The monoisotopic (exact) mass is 452 g/mol. The number of carbonyl (C=O) groups excluding carboxylic acids is 2. The maximum absolute atomic E-state index is 14.8. The second-order valence-corrected chi connectivity index (χ2v) is 7.59. The van der Waals surface area contributed by atoms with Crippen LogP contribution in [0.1, 0.15) is 22.7 Å². The standard InChI is InChI=1S/C24H18ClFN2O4/c1-32-19-7-6-15(25)12-17(19)22(29)20-21(16-4-2-3-5-18(16)26)28(24(31)23(20)30)13-14-8-10-27-11-9-14/h2-12,21,29H,13H2,1H3/b22-20+. The Labute approximate surface area is 188 Å². The quantitative estimate of drug-likeness (QED) is 0.350. The fraction of sp³-hybridized carbons (Fsp3) is 0.125. The molecule has 1 fully saturated rings. The van der Waals surface area contributed by atoms with Crippen LogP contribution in [0.3, 0.4) is 0 Å². The van der Waals surface area contributed by atoms with Gasteiger partial charge in [0.15, 0.2) is 0 Å². The predicted octanol–water partition coefficient (Wildman–Crippen LogP) is 4.50. The number of ether oxygens (including phenoxy) is 1. The van der Waals surface area contributed by atoms with Crippen LogP contribution in [-0.4, -0.2) is 33.8 Å². The second kappa shape index (κ2) is 8.80. The summed E-state index contributed by atoms with van der Waals surface area (Å²) in [4.78, 5) is 31.3. The molecule has 162 valence electrons. The van der Waals surface area contributed by atoms with Gasteiger partial charge in [-0.3, -0.25) is 14.6 Å². The topological polar surface area (TPSA) is 79.7 Å². The molecule has 1 atom stereocenters. The predicted molar refractivity (Wildman–Crippen MR) is 116 cm³/mol. The zero-order valence-corrected chi connectivity index (χ0v) is 17.7. The molecule has 0 spiro atoms. The van der Waals surface area contributed by atoms with Crippen LogP contribution in [0.4, 0.5) is 4.39 Å². The van der Waals surface area contributed by atoms with E-state index in [1.165, 1.54) is 42.3 Å². The third-order valence-electron chi connectivity index (χ3n) is 5.26. The molecule has 1 aliphatic heterocycles. The first-order chi connectivity index (χ1) is 15.4. The summed E-state index contributed by atoms with van der Waals surface area (Å²) < 4.78 is 20.1. The summed E-state index contributed by atoms with van der Waals surface area (Å²) in [7, 11) is 1.40. The van der Waals surface area contributed by atoms with Crippen molar-refractivity contribution in [3.63, 3.8) is 0 Å². The number of aliphatic hydroxyl groups excluding tert-OH is 1. The van der Waals surface area contributed by atoms with Gasteiger partial charge in [-0.15, -0.1) is 0 Å². The Balaban J connectivity index is 1.93. The van der Waals surface area contributed by atoms with Crippen molar-refractivity contribution in [3.05, 3.63) is 100 Å². The number of methoxy groups -OCH3 is 1. The van der Waals surface area contributed by atoms with E-state index >= 15 is 0 Å². The first-order valence-corrected chi connectivity index (χ1v) is 10.1. The minimum atomic E-state index is -1.15. The van der Waals surface area contributed by atoms with Crippen LogP contribution in [0.15, 0.2) is 72.6 Å².